The van der Waals surface area contributed by atoms with Crippen molar-refractivity contribution in [3.05, 3.63) is 30.2 Å². The fourth-order valence-corrected chi connectivity index (χ4v) is 4.58. The van der Waals surface area contributed by atoms with Crippen molar-refractivity contribution < 1.29 is 9.21 Å². The lowest BCUT2D eigenvalue weighted by Crippen LogP contribution is -2.57. The third kappa shape index (κ3) is 3.74. The van der Waals surface area contributed by atoms with Crippen LogP contribution in [0.3, 0.4) is 0 Å². The van der Waals surface area contributed by atoms with Crippen molar-refractivity contribution in [3.8, 4) is 11.5 Å². The molecule has 0 radical (unpaired) electrons. The Morgan fingerprint density at radius 2 is 2.30 bits per heavy atom. The lowest BCUT2D eigenvalue weighted by molar-refractivity contribution is 0.0294. The first-order valence-corrected chi connectivity index (χ1v) is 9.87. The smallest absolute Gasteiger partial charge is 0.315 e. The van der Waals surface area contributed by atoms with Gasteiger partial charge in [0.1, 0.15) is 5.69 Å². The molecule has 0 aliphatic carbocycles. The Bertz CT molecular complexity index is 782. The minimum Gasteiger partial charge on any atom is -0.463 e. The number of carbonyl (C=O) groups excluding carboxylic acids is 1. The molecule has 146 valence electrons. The summed E-state index contributed by atoms with van der Waals surface area (Å²) >= 11 is 0. The SMILES string of the molecule is CC(C)NC(=O)NC[C@H]1C[C@H]2CCN1C[C@@H]2c1cc(-c2ccco2)nn1C. The van der Waals surface area contributed by atoms with Crippen molar-refractivity contribution >= 4 is 6.03 Å². The number of amides is 2. The highest BCUT2D eigenvalue weighted by Gasteiger charge is 2.41. The van der Waals surface area contributed by atoms with E-state index >= 15 is 0 Å². The predicted octanol–water partition coefficient (Wildman–Crippen LogP) is 2.57. The van der Waals surface area contributed by atoms with Gasteiger partial charge in [0.25, 0.3) is 0 Å². The molecule has 3 saturated heterocycles. The predicted molar refractivity (Wildman–Crippen MR) is 103 cm³/mol. The maximum Gasteiger partial charge on any atom is 0.315 e. The molecular formula is C20H29N5O2. The minimum atomic E-state index is -0.0704. The maximum absolute atomic E-state index is 11.9. The van der Waals surface area contributed by atoms with Gasteiger partial charge in [-0.15, -0.1) is 0 Å². The zero-order valence-corrected chi connectivity index (χ0v) is 16.3. The number of hydrogen-bond donors (Lipinski definition) is 2. The highest BCUT2D eigenvalue weighted by Crippen LogP contribution is 2.42. The molecule has 3 aliphatic heterocycles. The zero-order chi connectivity index (χ0) is 19.0. The number of rotatable bonds is 5. The fraction of sp³-hybridized carbons (Fsp3) is 0.600. The van der Waals surface area contributed by atoms with Crippen molar-refractivity contribution in [1.82, 2.24) is 25.3 Å². The van der Waals surface area contributed by atoms with Crippen molar-refractivity contribution in [2.45, 2.75) is 44.7 Å². The first kappa shape index (κ1) is 18.1. The second kappa shape index (κ2) is 7.38. The summed E-state index contributed by atoms with van der Waals surface area (Å²) in [5.41, 5.74) is 2.18. The lowest BCUT2D eigenvalue weighted by atomic mass is 9.74. The van der Waals surface area contributed by atoms with Gasteiger partial charge in [-0.05, 0) is 57.4 Å². The molecule has 7 heteroatoms. The average molecular weight is 371 g/mol. The second-order valence-electron chi connectivity index (χ2n) is 8.10. The summed E-state index contributed by atoms with van der Waals surface area (Å²) < 4.78 is 7.51. The van der Waals surface area contributed by atoms with Crippen molar-refractivity contribution in [1.29, 1.82) is 0 Å². The van der Waals surface area contributed by atoms with Crippen LogP contribution in [0.15, 0.2) is 28.9 Å². The Hall–Kier alpha value is -2.28. The standard InChI is InChI=1S/C20H29N5O2/c1-13(2)22-20(26)21-11-15-9-14-6-7-25(15)12-16(14)18-10-17(23-24(18)3)19-5-4-8-27-19/h4-5,8,10,13-16H,6-7,9,11-12H2,1-3H3,(H2,21,22,26)/t14-,15-,16+/m1/s1. The maximum atomic E-state index is 11.9. The number of nitrogens with one attached hydrogen (secondary N) is 2. The van der Waals surface area contributed by atoms with E-state index in [-0.39, 0.29) is 12.1 Å². The van der Waals surface area contributed by atoms with Crippen molar-refractivity contribution in [3.63, 3.8) is 0 Å². The van der Waals surface area contributed by atoms with E-state index in [1.54, 1.807) is 6.26 Å². The van der Waals surface area contributed by atoms with E-state index in [1.807, 2.05) is 37.7 Å². The van der Waals surface area contributed by atoms with E-state index in [0.29, 0.717) is 24.4 Å². The zero-order valence-electron chi connectivity index (χ0n) is 16.3. The quantitative estimate of drug-likeness (QED) is 0.847. The van der Waals surface area contributed by atoms with Crippen molar-refractivity contribution in [2.75, 3.05) is 19.6 Å². The average Bonchev–Trinajstić information content (AvgIpc) is 3.29. The van der Waals surface area contributed by atoms with Gasteiger partial charge in [-0.2, -0.15) is 5.10 Å². The summed E-state index contributed by atoms with van der Waals surface area (Å²) in [5, 5.41) is 10.6. The first-order valence-electron chi connectivity index (χ1n) is 9.87. The molecule has 27 heavy (non-hydrogen) atoms. The summed E-state index contributed by atoms with van der Waals surface area (Å²) in [5.74, 6) is 1.94. The summed E-state index contributed by atoms with van der Waals surface area (Å²) in [6.07, 6.45) is 4.01. The van der Waals surface area contributed by atoms with Gasteiger partial charge in [0, 0.05) is 43.8 Å². The molecule has 2 aromatic rings. The molecular weight excluding hydrogens is 342 g/mol. The topological polar surface area (TPSA) is 75.3 Å². The van der Waals surface area contributed by atoms with Gasteiger partial charge < -0.3 is 15.1 Å². The number of urea groups is 1. The van der Waals surface area contributed by atoms with E-state index in [1.165, 1.54) is 12.1 Å². The van der Waals surface area contributed by atoms with E-state index < -0.39 is 0 Å². The van der Waals surface area contributed by atoms with Crippen LogP contribution in [-0.2, 0) is 7.05 Å². The van der Waals surface area contributed by atoms with Crippen molar-refractivity contribution in [2.24, 2.45) is 13.0 Å². The Balaban J connectivity index is 1.41. The molecule has 5 rings (SSSR count). The van der Waals surface area contributed by atoms with Gasteiger partial charge in [-0.1, -0.05) is 0 Å². The van der Waals surface area contributed by atoms with Crippen LogP contribution in [-0.4, -0.2) is 52.4 Å². The van der Waals surface area contributed by atoms with Gasteiger partial charge in [0.2, 0.25) is 0 Å². The highest BCUT2D eigenvalue weighted by molar-refractivity contribution is 5.74. The van der Waals surface area contributed by atoms with E-state index in [9.17, 15) is 4.79 Å². The Labute approximate surface area is 160 Å². The number of fused-ring (bicyclic) bond motifs is 3. The minimum absolute atomic E-state index is 0.0704. The molecule has 3 fully saturated rings. The van der Waals surface area contributed by atoms with Crippen LogP contribution < -0.4 is 10.6 Å². The highest BCUT2D eigenvalue weighted by atomic mass is 16.3. The molecule has 0 aromatic carbocycles. The normalized spacial score (nSPS) is 27.1. The van der Waals surface area contributed by atoms with Gasteiger partial charge in [0.15, 0.2) is 5.76 Å². The van der Waals surface area contributed by atoms with Crippen LogP contribution in [0.25, 0.3) is 11.5 Å². The van der Waals surface area contributed by atoms with Gasteiger partial charge in [-0.3, -0.25) is 9.58 Å². The third-order valence-corrected chi connectivity index (χ3v) is 5.87. The Morgan fingerprint density at radius 1 is 1.44 bits per heavy atom. The fourth-order valence-electron chi connectivity index (χ4n) is 4.58. The monoisotopic (exact) mass is 371 g/mol. The molecule has 2 bridgehead atoms. The van der Waals surface area contributed by atoms with E-state index in [2.05, 4.69) is 26.7 Å². The van der Waals surface area contributed by atoms with Crippen LogP contribution in [0.4, 0.5) is 4.79 Å². The van der Waals surface area contributed by atoms with Gasteiger partial charge in [-0.25, -0.2) is 4.79 Å². The van der Waals surface area contributed by atoms with Crippen LogP contribution in [0.2, 0.25) is 0 Å². The number of hydrogen-bond acceptors (Lipinski definition) is 4. The second-order valence-corrected chi connectivity index (χ2v) is 8.10. The number of carbonyl (C=O) groups is 1. The number of piperidine rings is 3. The summed E-state index contributed by atoms with van der Waals surface area (Å²) in [6.45, 7) is 6.80. The first-order chi connectivity index (χ1) is 13.0. The number of nitrogens with zero attached hydrogens (tertiary/aromatic N) is 3. The largest absolute Gasteiger partial charge is 0.463 e. The molecule has 3 aliphatic rings. The Kier molecular flexibility index (Phi) is 4.95. The van der Waals surface area contributed by atoms with Crippen LogP contribution in [0.5, 0.6) is 0 Å². The number of aromatic nitrogens is 2. The molecule has 2 amide bonds. The van der Waals surface area contributed by atoms with Gasteiger partial charge in [0.05, 0.1) is 6.26 Å². The molecule has 5 heterocycles. The van der Waals surface area contributed by atoms with Crippen LogP contribution in [0, 0.1) is 5.92 Å². The van der Waals surface area contributed by atoms with Crippen LogP contribution in [0.1, 0.15) is 38.3 Å². The van der Waals surface area contributed by atoms with E-state index in [4.69, 9.17) is 4.42 Å². The molecule has 1 unspecified atom stereocenters. The molecule has 2 N–H and O–H groups in total. The summed E-state index contributed by atoms with van der Waals surface area (Å²) in [4.78, 5) is 14.4. The molecule has 0 spiro atoms. The molecule has 0 saturated carbocycles. The molecule has 7 nitrogen and oxygen atoms in total. The number of aryl methyl sites for hydroxylation is 1. The Morgan fingerprint density at radius 3 is 2.96 bits per heavy atom. The number of furan rings is 1. The van der Waals surface area contributed by atoms with E-state index in [0.717, 1.165) is 31.0 Å². The van der Waals surface area contributed by atoms with Crippen LogP contribution >= 0.6 is 0 Å². The molecule has 2 aromatic heterocycles. The summed E-state index contributed by atoms with van der Waals surface area (Å²) in [6, 6.07) is 6.53. The van der Waals surface area contributed by atoms with Gasteiger partial charge >= 0.3 is 6.03 Å². The third-order valence-electron chi connectivity index (χ3n) is 5.87. The lowest BCUT2D eigenvalue weighted by Gasteiger charge is -2.49. The summed E-state index contributed by atoms with van der Waals surface area (Å²) in [7, 11) is 2.02. The molecule has 4 atom stereocenters.